The summed E-state index contributed by atoms with van der Waals surface area (Å²) >= 11 is 0. The Balaban J connectivity index is 1.86. The highest BCUT2D eigenvalue weighted by atomic mass is 32.2. The van der Waals surface area contributed by atoms with Crippen molar-refractivity contribution in [1.29, 1.82) is 0 Å². The van der Waals surface area contributed by atoms with Crippen molar-refractivity contribution in [3.05, 3.63) is 81.3 Å². The number of hydrogen-bond donors (Lipinski definition) is 2. The van der Waals surface area contributed by atoms with E-state index in [1.807, 2.05) is 0 Å². The van der Waals surface area contributed by atoms with E-state index in [0.717, 1.165) is 16.4 Å². The number of nitro groups is 1. The number of allylic oxidation sites excluding steroid dienone is 1. The minimum Gasteiger partial charge on any atom is -0.478 e. The smallest absolute Gasteiger partial charge is 0.335 e. The van der Waals surface area contributed by atoms with Crippen LogP contribution in [0.2, 0.25) is 0 Å². The number of benzene rings is 2. The summed E-state index contributed by atoms with van der Waals surface area (Å²) in [7, 11) is -2.69. The number of nitro benzene ring substituents is 1. The normalized spacial score (nSPS) is 16.4. The van der Waals surface area contributed by atoms with Crippen molar-refractivity contribution in [2.45, 2.75) is 24.3 Å². The van der Waals surface area contributed by atoms with Gasteiger partial charge in [-0.25, -0.2) is 26.7 Å². The predicted octanol–water partition coefficient (Wildman–Crippen LogP) is 2.87. The molecule has 35 heavy (non-hydrogen) atoms. The topological polar surface area (TPSA) is 150 Å². The molecule has 2 N–H and O–H groups in total. The fourth-order valence-electron chi connectivity index (χ4n) is 3.83. The fraction of sp³-hybridized carbons (Fsp3) is 0.273. The summed E-state index contributed by atoms with van der Waals surface area (Å²) in [5.74, 6) is -2.01. The Labute approximate surface area is 200 Å². The van der Waals surface area contributed by atoms with Crippen molar-refractivity contribution in [3.63, 3.8) is 0 Å². The highest BCUT2D eigenvalue weighted by Gasteiger charge is 2.38. The molecule has 0 saturated heterocycles. The van der Waals surface area contributed by atoms with Crippen LogP contribution in [0.4, 0.5) is 14.9 Å². The maximum Gasteiger partial charge on any atom is 0.335 e. The van der Waals surface area contributed by atoms with Crippen LogP contribution in [0.1, 0.15) is 24.9 Å². The van der Waals surface area contributed by atoms with Crippen molar-refractivity contribution in [3.8, 4) is 0 Å². The maximum absolute atomic E-state index is 13.5. The lowest BCUT2D eigenvalue weighted by atomic mass is 9.93. The summed E-state index contributed by atoms with van der Waals surface area (Å²) in [6.45, 7) is 1.30. The minimum absolute atomic E-state index is 0.0601. The molecule has 3 rings (SSSR count). The Kier molecular flexibility index (Phi) is 7.51. The lowest BCUT2D eigenvalue weighted by Gasteiger charge is -2.37. The van der Waals surface area contributed by atoms with E-state index in [2.05, 4.69) is 5.32 Å². The van der Waals surface area contributed by atoms with Gasteiger partial charge in [0.05, 0.1) is 21.4 Å². The third-order valence-corrected chi connectivity index (χ3v) is 7.40. The number of amides is 2. The number of urea groups is 1. The summed E-state index contributed by atoms with van der Waals surface area (Å²) in [6, 6.07) is 8.13. The number of aliphatic carboxylic acids is 1. The molecule has 2 aromatic rings. The molecule has 0 saturated carbocycles. The first kappa shape index (κ1) is 25.8. The number of sulfonamides is 1. The highest BCUT2D eigenvalue weighted by molar-refractivity contribution is 7.89. The minimum atomic E-state index is -4.00. The molecule has 11 nitrogen and oxygen atoms in total. The average molecular weight is 507 g/mol. The Hall–Kier alpha value is -3.84. The summed E-state index contributed by atoms with van der Waals surface area (Å²) in [5.41, 5.74) is -0.102. The summed E-state index contributed by atoms with van der Waals surface area (Å²) in [6.07, 6.45) is 0.107. The molecule has 0 aliphatic carbocycles. The van der Waals surface area contributed by atoms with E-state index in [-0.39, 0.29) is 46.9 Å². The lowest BCUT2D eigenvalue weighted by molar-refractivity contribution is -0.384. The first-order valence-corrected chi connectivity index (χ1v) is 11.9. The van der Waals surface area contributed by atoms with Gasteiger partial charge in [0.15, 0.2) is 0 Å². The van der Waals surface area contributed by atoms with Crippen LogP contribution in [0.5, 0.6) is 0 Å². The molecular weight excluding hydrogens is 483 g/mol. The molecule has 2 amide bonds. The zero-order valence-corrected chi connectivity index (χ0v) is 19.7. The van der Waals surface area contributed by atoms with E-state index in [9.17, 15) is 37.6 Å². The molecule has 1 aliphatic rings. The van der Waals surface area contributed by atoms with E-state index >= 15 is 0 Å². The van der Waals surface area contributed by atoms with Gasteiger partial charge >= 0.3 is 12.0 Å². The van der Waals surface area contributed by atoms with Gasteiger partial charge in [0.25, 0.3) is 5.69 Å². The molecule has 1 aliphatic heterocycles. The van der Waals surface area contributed by atoms with Crippen molar-refractivity contribution < 1.29 is 32.4 Å². The summed E-state index contributed by atoms with van der Waals surface area (Å²) < 4.78 is 39.9. The van der Waals surface area contributed by atoms with Crippen molar-refractivity contribution >= 4 is 27.7 Å². The molecule has 1 unspecified atom stereocenters. The van der Waals surface area contributed by atoms with Gasteiger partial charge in [0.1, 0.15) is 5.82 Å². The second-order valence-corrected chi connectivity index (χ2v) is 9.90. The third kappa shape index (κ3) is 5.46. The second kappa shape index (κ2) is 10.2. The maximum atomic E-state index is 13.5. The number of carbonyl (C=O) groups excluding carboxylic acids is 1. The molecule has 0 radical (unpaired) electrons. The zero-order valence-electron chi connectivity index (χ0n) is 18.8. The standard InChI is InChI=1S/C22H23FN4O7S/c1-14-19(21(28)29)20(15-6-3-8-17(12-15)27(31)32)26(22(30)24-14)11-5-10-25(2)35(33,34)18-9-4-7-16(23)13-18/h3-4,6-9,12-13,20H,5,10-11H2,1-2H3,(H,24,30)(H,28,29). The van der Waals surface area contributed by atoms with Gasteiger partial charge in [-0.15, -0.1) is 0 Å². The highest BCUT2D eigenvalue weighted by Crippen LogP contribution is 2.35. The van der Waals surface area contributed by atoms with Crippen LogP contribution in [0.3, 0.4) is 0 Å². The van der Waals surface area contributed by atoms with Gasteiger partial charge in [0.2, 0.25) is 10.0 Å². The lowest BCUT2D eigenvalue weighted by Crippen LogP contribution is -2.49. The number of non-ortho nitro benzene ring substituents is 1. The van der Waals surface area contributed by atoms with Gasteiger partial charge in [0, 0.05) is 38.0 Å². The van der Waals surface area contributed by atoms with Crippen LogP contribution >= 0.6 is 0 Å². The van der Waals surface area contributed by atoms with Crippen LogP contribution in [0, 0.1) is 15.9 Å². The molecule has 0 spiro atoms. The molecule has 1 heterocycles. The fourth-order valence-corrected chi connectivity index (χ4v) is 5.07. The first-order chi connectivity index (χ1) is 16.4. The zero-order chi connectivity index (χ0) is 25.9. The summed E-state index contributed by atoms with van der Waals surface area (Å²) in [5, 5.41) is 23.5. The van der Waals surface area contributed by atoms with Crippen LogP contribution in [0.15, 0.2) is 64.7 Å². The van der Waals surface area contributed by atoms with Crippen molar-refractivity contribution in [2.75, 3.05) is 20.1 Å². The average Bonchev–Trinajstić information content (AvgIpc) is 2.79. The Bertz CT molecular complexity index is 1310. The molecule has 0 aromatic heterocycles. The van der Waals surface area contributed by atoms with E-state index in [4.69, 9.17) is 0 Å². The van der Waals surface area contributed by atoms with Crippen LogP contribution in [-0.4, -0.2) is 59.8 Å². The van der Waals surface area contributed by atoms with Gasteiger partial charge in [-0.1, -0.05) is 18.2 Å². The first-order valence-electron chi connectivity index (χ1n) is 10.4. The van der Waals surface area contributed by atoms with E-state index < -0.39 is 38.8 Å². The number of hydrogen-bond acceptors (Lipinski definition) is 6. The van der Waals surface area contributed by atoms with Crippen LogP contribution < -0.4 is 5.32 Å². The number of rotatable bonds is 9. The number of carbonyl (C=O) groups is 2. The monoisotopic (exact) mass is 506 g/mol. The molecule has 186 valence electrons. The Morgan fingerprint density at radius 1 is 1.26 bits per heavy atom. The molecule has 0 bridgehead atoms. The molecule has 0 fully saturated rings. The molecular formula is C22H23FN4O7S. The largest absolute Gasteiger partial charge is 0.478 e. The quantitative estimate of drug-likeness (QED) is 0.392. The number of halogens is 1. The Morgan fingerprint density at radius 2 is 1.94 bits per heavy atom. The summed E-state index contributed by atoms with van der Waals surface area (Å²) in [4.78, 5) is 36.4. The van der Waals surface area contributed by atoms with Gasteiger partial charge in [-0.3, -0.25) is 10.1 Å². The van der Waals surface area contributed by atoms with E-state index in [0.29, 0.717) is 0 Å². The van der Waals surface area contributed by atoms with Gasteiger partial charge in [-0.05, 0) is 37.1 Å². The molecule has 2 aromatic carbocycles. The van der Waals surface area contributed by atoms with Gasteiger partial charge < -0.3 is 15.3 Å². The van der Waals surface area contributed by atoms with E-state index in [1.165, 1.54) is 55.3 Å². The SMILES string of the molecule is CC1=C(C(=O)O)C(c2cccc([N+](=O)[O-])c2)N(CCCN(C)S(=O)(=O)c2cccc(F)c2)C(=O)N1. The van der Waals surface area contributed by atoms with Crippen molar-refractivity contribution in [2.24, 2.45) is 0 Å². The van der Waals surface area contributed by atoms with Crippen molar-refractivity contribution in [1.82, 2.24) is 14.5 Å². The number of nitrogens with zero attached hydrogens (tertiary/aromatic N) is 3. The second-order valence-electron chi connectivity index (χ2n) is 7.86. The molecule has 13 heteroatoms. The number of nitrogens with one attached hydrogen (secondary N) is 1. The predicted molar refractivity (Wildman–Crippen MR) is 122 cm³/mol. The van der Waals surface area contributed by atoms with Gasteiger partial charge in [-0.2, -0.15) is 0 Å². The third-order valence-electron chi connectivity index (χ3n) is 5.55. The Morgan fingerprint density at radius 3 is 2.57 bits per heavy atom. The number of carboxylic acids is 1. The number of carboxylic acid groups (broad SMARTS) is 1. The van der Waals surface area contributed by atoms with E-state index in [1.54, 1.807) is 0 Å². The molecule has 1 atom stereocenters. The van der Waals surface area contributed by atoms with Crippen LogP contribution in [-0.2, 0) is 14.8 Å². The van der Waals surface area contributed by atoms with Crippen LogP contribution in [0.25, 0.3) is 0 Å².